The van der Waals surface area contributed by atoms with E-state index in [0.717, 1.165) is 5.56 Å². The molecule has 0 fully saturated rings. The first-order valence-electron chi connectivity index (χ1n) is 12.9. The van der Waals surface area contributed by atoms with Crippen LogP contribution in [0.3, 0.4) is 0 Å². The molecule has 9 heteroatoms. The number of carbonyl (C=O) groups excluding carboxylic acids is 4. The predicted molar refractivity (Wildman–Crippen MR) is 147 cm³/mol. The molecule has 0 aromatic heterocycles. The Morgan fingerprint density at radius 1 is 0.897 bits per heavy atom. The fourth-order valence-corrected chi connectivity index (χ4v) is 3.30. The van der Waals surface area contributed by atoms with Gasteiger partial charge in [-0.2, -0.15) is 0 Å². The molecule has 0 unspecified atom stereocenters. The summed E-state index contributed by atoms with van der Waals surface area (Å²) in [6.45, 7) is 19.2. The second-order valence-corrected chi connectivity index (χ2v) is 11.0. The number of hydrogen-bond acceptors (Lipinski definition) is 8. The molecule has 1 rings (SSSR count). The van der Waals surface area contributed by atoms with Crippen molar-refractivity contribution in [2.75, 3.05) is 13.2 Å². The Labute approximate surface area is 232 Å². The minimum atomic E-state index is -1.31. The lowest BCUT2D eigenvalue weighted by atomic mass is 9.94. The van der Waals surface area contributed by atoms with Gasteiger partial charge in [0.25, 0.3) is 0 Å². The van der Waals surface area contributed by atoms with Gasteiger partial charge in [-0.25, -0.2) is 4.79 Å². The van der Waals surface area contributed by atoms with Crippen LogP contribution in [0.4, 0.5) is 4.79 Å². The largest absolute Gasteiger partial charge is 0.466 e. The number of amides is 1. The Hall–Kier alpha value is -3.62. The maximum absolute atomic E-state index is 13.4. The van der Waals surface area contributed by atoms with Crippen molar-refractivity contribution in [3.05, 3.63) is 61.2 Å². The zero-order valence-corrected chi connectivity index (χ0v) is 24.2. The third-order valence-corrected chi connectivity index (χ3v) is 5.49. The van der Waals surface area contributed by atoms with Gasteiger partial charge < -0.3 is 18.9 Å². The molecular formula is C30H43NO8. The molecule has 0 N–H and O–H groups in total. The number of rotatable bonds is 13. The van der Waals surface area contributed by atoms with Crippen LogP contribution in [0.5, 0.6) is 0 Å². The first-order valence-corrected chi connectivity index (χ1v) is 12.9. The van der Waals surface area contributed by atoms with Crippen molar-refractivity contribution in [2.24, 2.45) is 10.8 Å². The van der Waals surface area contributed by atoms with Crippen molar-refractivity contribution in [1.82, 2.24) is 4.90 Å². The Bertz CT molecular complexity index is 990. The second-order valence-electron chi connectivity index (χ2n) is 11.0. The molecule has 3 atom stereocenters. The van der Waals surface area contributed by atoms with Gasteiger partial charge in [-0.05, 0) is 60.1 Å². The van der Waals surface area contributed by atoms with Crippen LogP contribution in [0.1, 0.15) is 60.5 Å². The van der Waals surface area contributed by atoms with Crippen molar-refractivity contribution >= 4 is 24.0 Å². The van der Waals surface area contributed by atoms with E-state index in [0.29, 0.717) is 0 Å². The van der Waals surface area contributed by atoms with E-state index >= 15 is 0 Å². The Kier molecular flexibility index (Phi) is 12.9. The van der Waals surface area contributed by atoms with Crippen molar-refractivity contribution in [1.29, 1.82) is 0 Å². The zero-order chi connectivity index (χ0) is 29.8. The van der Waals surface area contributed by atoms with Crippen LogP contribution in [0.15, 0.2) is 55.6 Å². The lowest BCUT2D eigenvalue weighted by Crippen LogP contribution is -2.55. The zero-order valence-electron chi connectivity index (χ0n) is 24.2. The average Bonchev–Trinajstić information content (AvgIpc) is 2.86. The van der Waals surface area contributed by atoms with Gasteiger partial charge in [-0.15, -0.1) is 6.58 Å². The summed E-state index contributed by atoms with van der Waals surface area (Å²) >= 11 is 0. The maximum Gasteiger partial charge on any atom is 0.410 e. The molecule has 0 bridgehead atoms. The molecule has 9 nitrogen and oxygen atoms in total. The number of hydrogen-bond donors (Lipinski definition) is 0. The van der Waals surface area contributed by atoms with Crippen LogP contribution in [0.2, 0.25) is 0 Å². The van der Waals surface area contributed by atoms with Gasteiger partial charge in [0.15, 0.2) is 12.2 Å². The number of nitrogens with zero attached hydrogens (tertiary/aromatic N) is 1. The lowest BCUT2D eigenvalue weighted by molar-refractivity contribution is -0.180. The topological polar surface area (TPSA) is 108 Å². The summed E-state index contributed by atoms with van der Waals surface area (Å²) in [7, 11) is 0. The van der Waals surface area contributed by atoms with E-state index in [1.165, 1.54) is 17.1 Å². The van der Waals surface area contributed by atoms with Crippen molar-refractivity contribution in [3.63, 3.8) is 0 Å². The predicted octanol–water partition coefficient (Wildman–Crippen LogP) is 5.23. The second kappa shape index (κ2) is 15.1. The summed E-state index contributed by atoms with van der Waals surface area (Å²) in [4.78, 5) is 53.3. The van der Waals surface area contributed by atoms with Crippen LogP contribution in [-0.4, -0.2) is 60.3 Å². The molecule has 0 radical (unpaired) electrons. The molecule has 0 spiro atoms. The van der Waals surface area contributed by atoms with Gasteiger partial charge in [0, 0.05) is 6.54 Å². The summed E-state index contributed by atoms with van der Waals surface area (Å²) in [5.41, 5.74) is -1.07. The highest BCUT2D eigenvalue weighted by molar-refractivity contribution is 5.78. The minimum absolute atomic E-state index is 0.0320. The van der Waals surface area contributed by atoms with Crippen LogP contribution in [0, 0.1) is 10.8 Å². The van der Waals surface area contributed by atoms with Gasteiger partial charge in [0.1, 0.15) is 6.61 Å². The van der Waals surface area contributed by atoms with Gasteiger partial charge in [0.05, 0.1) is 29.9 Å². The molecule has 0 aliphatic rings. The standard InChI is InChI=1S/C30H43NO8/c1-10-18-31(28(35)37-20-21-16-14-13-15-17-21)22(19-24(32)36-12-3)25(39-27(34)30(7,8)9)23(11-2)38-26(33)29(4,5)6/h10-11,13-17,22-23,25H,1-2,12,18-20H2,3-9H3/t22-,23-,25-/m0/s1. The van der Waals surface area contributed by atoms with Gasteiger partial charge in [-0.3, -0.25) is 19.3 Å². The molecule has 0 saturated heterocycles. The molecular weight excluding hydrogens is 502 g/mol. The smallest absolute Gasteiger partial charge is 0.410 e. The van der Waals surface area contributed by atoms with Crippen LogP contribution in [0.25, 0.3) is 0 Å². The Balaban J connectivity index is 3.57. The molecule has 1 amide bonds. The first-order chi connectivity index (χ1) is 18.1. The molecule has 1 aromatic rings. The van der Waals surface area contributed by atoms with Crippen LogP contribution < -0.4 is 0 Å². The highest BCUT2D eigenvalue weighted by Crippen LogP contribution is 2.27. The summed E-state index contributed by atoms with van der Waals surface area (Å²) in [6, 6.07) is 7.92. The number of ether oxygens (including phenoxy) is 4. The molecule has 1 aromatic carbocycles. The fraction of sp³-hybridized carbons (Fsp3) is 0.533. The molecule has 39 heavy (non-hydrogen) atoms. The number of carbonyl (C=O) groups is 4. The molecule has 216 valence electrons. The van der Waals surface area contributed by atoms with Gasteiger partial charge in [-0.1, -0.05) is 43.0 Å². The van der Waals surface area contributed by atoms with E-state index < -0.39 is 53.1 Å². The third kappa shape index (κ3) is 10.9. The number of benzene rings is 1. The normalized spacial score (nSPS) is 13.7. The van der Waals surface area contributed by atoms with Crippen molar-refractivity contribution in [2.45, 2.75) is 79.7 Å². The van der Waals surface area contributed by atoms with E-state index in [1.54, 1.807) is 60.6 Å². The third-order valence-electron chi connectivity index (χ3n) is 5.49. The molecule has 0 saturated carbocycles. The summed E-state index contributed by atoms with van der Waals surface area (Å²) < 4.78 is 22.3. The van der Waals surface area contributed by atoms with Crippen LogP contribution >= 0.6 is 0 Å². The van der Waals surface area contributed by atoms with E-state index in [4.69, 9.17) is 18.9 Å². The van der Waals surface area contributed by atoms with E-state index in [2.05, 4.69) is 13.2 Å². The minimum Gasteiger partial charge on any atom is -0.466 e. The number of esters is 3. The summed E-state index contributed by atoms with van der Waals surface area (Å²) in [5, 5.41) is 0. The lowest BCUT2D eigenvalue weighted by Gasteiger charge is -2.38. The SMILES string of the molecule is C=CCN(C(=O)OCc1ccccc1)[C@@H](CC(=O)OCC)[C@H](OC(=O)C(C)(C)C)[C@H](C=C)OC(=O)C(C)(C)C. The maximum atomic E-state index is 13.4. The quantitative estimate of drug-likeness (QED) is 0.188. The van der Waals surface area contributed by atoms with Gasteiger partial charge in [0.2, 0.25) is 0 Å². The highest BCUT2D eigenvalue weighted by atomic mass is 16.6. The van der Waals surface area contributed by atoms with Crippen molar-refractivity contribution in [3.8, 4) is 0 Å². The monoisotopic (exact) mass is 545 g/mol. The molecule has 0 aliphatic heterocycles. The summed E-state index contributed by atoms with van der Waals surface area (Å²) in [5.74, 6) is -1.86. The van der Waals surface area contributed by atoms with Crippen LogP contribution in [-0.2, 0) is 39.9 Å². The van der Waals surface area contributed by atoms with E-state index in [-0.39, 0.29) is 26.2 Å². The van der Waals surface area contributed by atoms with Gasteiger partial charge >= 0.3 is 24.0 Å². The highest BCUT2D eigenvalue weighted by Gasteiger charge is 2.43. The van der Waals surface area contributed by atoms with E-state index in [1.807, 2.05) is 18.2 Å². The average molecular weight is 546 g/mol. The Morgan fingerprint density at radius 3 is 1.95 bits per heavy atom. The molecule has 0 heterocycles. The van der Waals surface area contributed by atoms with E-state index in [9.17, 15) is 19.2 Å². The summed E-state index contributed by atoms with van der Waals surface area (Å²) in [6.07, 6.45) is -0.902. The molecule has 0 aliphatic carbocycles. The van der Waals surface area contributed by atoms with Crippen molar-refractivity contribution < 1.29 is 38.1 Å². The first kappa shape index (κ1) is 33.4. The Morgan fingerprint density at radius 2 is 1.46 bits per heavy atom. The fourth-order valence-electron chi connectivity index (χ4n) is 3.30.